The van der Waals surface area contributed by atoms with E-state index < -0.39 is 0 Å². The van der Waals surface area contributed by atoms with E-state index in [2.05, 4.69) is 60.3 Å². The van der Waals surface area contributed by atoms with Crippen LogP contribution in [0.2, 0.25) is 0 Å². The van der Waals surface area contributed by atoms with Gasteiger partial charge in [-0.05, 0) is 27.5 Å². The van der Waals surface area contributed by atoms with Crippen LogP contribution in [0.15, 0.2) is 35.5 Å². The highest BCUT2D eigenvalue weighted by Crippen LogP contribution is 2.44. The number of rotatable bonds is 1. The minimum absolute atomic E-state index is 0.000718. The van der Waals surface area contributed by atoms with Gasteiger partial charge >= 0.3 is 0 Å². The van der Waals surface area contributed by atoms with Gasteiger partial charge in [0.2, 0.25) is 0 Å². The fraction of sp³-hybridized carbons (Fsp3) is 0.562. The summed E-state index contributed by atoms with van der Waals surface area (Å²) in [5, 5.41) is 0. The van der Waals surface area contributed by atoms with Crippen molar-refractivity contribution in [3.05, 3.63) is 35.5 Å². The molecular formula is C16H24O. The molecule has 0 saturated heterocycles. The molecule has 1 aliphatic rings. The molecule has 0 amide bonds. The molecule has 0 spiro atoms. The Balaban J connectivity index is 3.30. The van der Waals surface area contributed by atoms with Gasteiger partial charge in [-0.15, -0.1) is 0 Å². The summed E-state index contributed by atoms with van der Waals surface area (Å²) in [6.45, 7) is 16.9. The first kappa shape index (κ1) is 14.0. The average Bonchev–Trinajstić information content (AvgIpc) is 2.13. The molecule has 1 rings (SSSR count). The van der Waals surface area contributed by atoms with Crippen LogP contribution < -0.4 is 0 Å². The summed E-state index contributed by atoms with van der Waals surface area (Å²) < 4.78 is 0. The second-order valence-corrected chi connectivity index (χ2v) is 6.89. The maximum Gasteiger partial charge on any atom is 0.131 e. The fourth-order valence-electron chi connectivity index (χ4n) is 2.30. The Labute approximate surface area is 105 Å². The van der Waals surface area contributed by atoms with Gasteiger partial charge in [0.1, 0.15) is 6.29 Å². The van der Waals surface area contributed by atoms with E-state index in [1.165, 1.54) is 11.1 Å². The molecule has 1 heteroatoms. The maximum absolute atomic E-state index is 11.5. The molecular weight excluding hydrogens is 208 g/mol. The Hall–Kier alpha value is -1.11. The zero-order valence-electron chi connectivity index (χ0n) is 11.9. The normalized spacial score (nSPS) is 18.8. The zero-order chi connectivity index (χ0) is 13.4. The quantitative estimate of drug-likeness (QED) is 0.615. The number of carbonyl (C=O) groups is 1. The first-order valence-electron chi connectivity index (χ1n) is 6.15. The van der Waals surface area contributed by atoms with E-state index in [9.17, 15) is 4.79 Å². The molecule has 1 nitrogen and oxygen atoms in total. The molecule has 0 bridgehead atoms. The molecule has 0 N–H and O–H groups in total. The van der Waals surface area contributed by atoms with Gasteiger partial charge in [0, 0.05) is 0 Å². The molecule has 0 aliphatic heterocycles. The van der Waals surface area contributed by atoms with E-state index >= 15 is 0 Å². The predicted molar refractivity (Wildman–Crippen MR) is 73.8 cm³/mol. The molecule has 17 heavy (non-hydrogen) atoms. The molecule has 0 aromatic rings. The summed E-state index contributed by atoms with van der Waals surface area (Å²) in [6, 6.07) is 0. The van der Waals surface area contributed by atoms with Crippen LogP contribution >= 0.6 is 0 Å². The summed E-state index contributed by atoms with van der Waals surface area (Å²) >= 11 is 0. The summed E-state index contributed by atoms with van der Waals surface area (Å²) in [6.07, 6.45) is 5.20. The minimum Gasteiger partial charge on any atom is -0.302 e. The van der Waals surface area contributed by atoms with Crippen LogP contribution in [0.5, 0.6) is 0 Å². The third-order valence-electron chi connectivity index (χ3n) is 3.22. The van der Waals surface area contributed by atoms with Gasteiger partial charge in [-0.3, -0.25) is 0 Å². The van der Waals surface area contributed by atoms with E-state index in [-0.39, 0.29) is 16.7 Å². The van der Waals surface area contributed by atoms with E-state index in [4.69, 9.17) is 0 Å². The number of aldehydes is 1. The Morgan fingerprint density at radius 3 is 1.59 bits per heavy atom. The van der Waals surface area contributed by atoms with Crippen molar-refractivity contribution in [2.75, 3.05) is 0 Å². The van der Waals surface area contributed by atoms with Crippen LogP contribution in [0.1, 0.15) is 41.5 Å². The monoisotopic (exact) mass is 232 g/mol. The van der Waals surface area contributed by atoms with Gasteiger partial charge in [-0.2, -0.15) is 0 Å². The zero-order valence-corrected chi connectivity index (χ0v) is 11.9. The predicted octanol–water partition coefficient (Wildman–Crippen LogP) is 4.32. The lowest BCUT2D eigenvalue weighted by Crippen LogP contribution is -2.28. The van der Waals surface area contributed by atoms with E-state index in [0.29, 0.717) is 0 Å². The molecule has 0 radical (unpaired) electrons. The summed E-state index contributed by atoms with van der Waals surface area (Å²) in [5.74, 6) is -0.0968. The third kappa shape index (κ3) is 2.96. The molecule has 0 unspecified atom stereocenters. The smallest absolute Gasteiger partial charge is 0.131 e. The van der Waals surface area contributed by atoms with Crippen LogP contribution in [0.4, 0.5) is 0 Å². The second kappa shape index (κ2) is 4.29. The highest BCUT2D eigenvalue weighted by atomic mass is 16.1. The van der Waals surface area contributed by atoms with Crippen LogP contribution in [0.25, 0.3) is 0 Å². The van der Waals surface area contributed by atoms with Crippen molar-refractivity contribution in [1.29, 1.82) is 0 Å². The second-order valence-electron chi connectivity index (χ2n) is 6.89. The van der Waals surface area contributed by atoms with Crippen LogP contribution in [0, 0.1) is 16.7 Å². The average molecular weight is 232 g/mol. The topological polar surface area (TPSA) is 17.1 Å². The lowest BCUT2D eigenvalue weighted by molar-refractivity contribution is -0.109. The minimum atomic E-state index is -0.0968. The van der Waals surface area contributed by atoms with Crippen molar-refractivity contribution in [1.82, 2.24) is 0 Å². The van der Waals surface area contributed by atoms with Crippen LogP contribution in [-0.2, 0) is 4.79 Å². The van der Waals surface area contributed by atoms with Gasteiger partial charge in [0.05, 0.1) is 5.92 Å². The van der Waals surface area contributed by atoms with Crippen molar-refractivity contribution < 1.29 is 4.79 Å². The van der Waals surface area contributed by atoms with E-state index in [1.807, 2.05) is 0 Å². The van der Waals surface area contributed by atoms with Crippen molar-refractivity contribution in [3.8, 4) is 0 Å². The first-order chi connectivity index (χ1) is 7.57. The first-order valence-corrected chi connectivity index (χ1v) is 6.15. The lowest BCUT2D eigenvalue weighted by Gasteiger charge is -2.37. The fourth-order valence-corrected chi connectivity index (χ4v) is 2.30. The Morgan fingerprint density at radius 2 is 1.35 bits per heavy atom. The molecule has 0 aromatic carbocycles. The highest BCUT2D eigenvalue weighted by molar-refractivity contribution is 5.69. The lowest BCUT2D eigenvalue weighted by atomic mass is 9.67. The summed E-state index contributed by atoms with van der Waals surface area (Å²) in [5.41, 5.74) is 3.34. The molecule has 0 saturated carbocycles. The van der Waals surface area contributed by atoms with Crippen molar-refractivity contribution in [3.63, 3.8) is 0 Å². The summed E-state index contributed by atoms with van der Waals surface area (Å²) in [4.78, 5) is 11.5. The molecule has 0 aromatic heterocycles. The Morgan fingerprint density at radius 1 is 1.00 bits per heavy atom. The number of hydrogen-bond donors (Lipinski definition) is 0. The van der Waals surface area contributed by atoms with E-state index in [0.717, 1.165) is 11.9 Å². The highest BCUT2D eigenvalue weighted by Gasteiger charge is 2.34. The largest absolute Gasteiger partial charge is 0.302 e. The third-order valence-corrected chi connectivity index (χ3v) is 3.22. The molecule has 0 atom stereocenters. The van der Waals surface area contributed by atoms with Crippen LogP contribution in [0.3, 0.4) is 0 Å². The van der Waals surface area contributed by atoms with Gasteiger partial charge in [-0.1, -0.05) is 60.3 Å². The van der Waals surface area contributed by atoms with Crippen molar-refractivity contribution in [2.24, 2.45) is 16.7 Å². The molecule has 1 aliphatic carbocycles. The van der Waals surface area contributed by atoms with Gasteiger partial charge < -0.3 is 4.79 Å². The number of allylic oxidation sites excluding steroid dienone is 5. The van der Waals surface area contributed by atoms with Crippen molar-refractivity contribution in [2.45, 2.75) is 41.5 Å². The SMILES string of the molecule is C=C1C=C(C(C)(C)C)C(C=O)C(C(C)(C)C)=C1. The standard InChI is InChI=1S/C16H24O/c1-11-8-13(15(2,3)4)12(10-17)14(9-11)16(5,6)7/h8-10,12H,1H2,2-7H3. The Bertz CT molecular complexity index is 360. The number of carbonyl (C=O) groups excluding carboxylic acids is 1. The summed E-state index contributed by atoms with van der Waals surface area (Å²) in [7, 11) is 0. The van der Waals surface area contributed by atoms with Crippen LogP contribution in [-0.4, -0.2) is 6.29 Å². The van der Waals surface area contributed by atoms with E-state index in [1.54, 1.807) is 0 Å². The molecule has 0 heterocycles. The van der Waals surface area contributed by atoms with Gasteiger partial charge in [0.25, 0.3) is 0 Å². The maximum atomic E-state index is 11.5. The van der Waals surface area contributed by atoms with Gasteiger partial charge in [0.15, 0.2) is 0 Å². The Kier molecular flexibility index (Phi) is 3.52. The van der Waals surface area contributed by atoms with Crippen molar-refractivity contribution >= 4 is 6.29 Å². The molecule has 94 valence electrons. The van der Waals surface area contributed by atoms with Gasteiger partial charge in [-0.25, -0.2) is 0 Å². The molecule has 0 fully saturated rings. The number of hydrogen-bond acceptors (Lipinski definition) is 1.